The number of carbonyl (C=O) groups is 1. The number of hydrogen-bond acceptors (Lipinski definition) is 2. The van der Waals surface area contributed by atoms with Crippen molar-refractivity contribution >= 4 is 12.0 Å². The lowest BCUT2D eigenvalue weighted by atomic mass is 10.1. The van der Waals surface area contributed by atoms with Crippen LogP contribution in [0.25, 0.3) is 6.08 Å². The zero-order chi connectivity index (χ0) is 15.0. The van der Waals surface area contributed by atoms with E-state index in [1.54, 1.807) is 6.08 Å². The van der Waals surface area contributed by atoms with Crippen LogP contribution in [-0.4, -0.2) is 18.6 Å². The highest BCUT2D eigenvalue weighted by Gasteiger charge is 2.07. The van der Waals surface area contributed by atoms with E-state index in [1.807, 2.05) is 32.0 Å². The van der Waals surface area contributed by atoms with Gasteiger partial charge in [-0.15, -0.1) is 0 Å². The second-order valence-electron chi connectivity index (χ2n) is 5.12. The van der Waals surface area contributed by atoms with Gasteiger partial charge in [0.15, 0.2) is 0 Å². The first-order chi connectivity index (χ1) is 9.56. The summed E-state index contributed by atoms with van der Waals surface area (Å²) in [7, 11) is 0. The Balaban J connectivity index is 2.67. The summed E-state index contributed by atoms with van der Waals surface area (Å²) in [4.78, 5) is 11.8. The van der Waals surface area contributed by atoms with Gasteiger partial charge in [-0.1, -0.05) is 32.1 Å². The van der Waals surface area contributed by atoms with Gasteiger partial charge in [0, 0.05) is 12.1 Å². The molecule has 0 aliphatic heterocycles. The van der Waals surface area contributed by atoms with E-state index in [0.717, 1.165) is 36.3 Å². The van der Waals surface area contributed by atoms with Crippen molar-refractivity contribution in [3.63, 3.8) is 0 Å². The van der Waals surface area contributed by atoms with Crippen molar-refractivity contribution in [2.24, 2.45) is 0 Å². The van der Waals surface area contributed by atoms with Crippen molar-refractivity contribution < 1.29 is 9.53 Å². The number of nitrogens with one attached hydrogen (secondary N) is 1. The third-order valence-corrected chi connectivity index (χ3v) is 2.87. The molecule has 3 nitrogen and oxygen atoms in total. The third kappa shape index (κ3) is 5.47. The second-order valence-corrected chi connectivity index (χ2v) is 5.12. The number of ether oxygens (including phenoxy) is 1. The Morgan fingerprint density at radius 1 is 1.45 bits per heavy atom. The molecule has 0 heterocycles. The van der Waals surface area contributed by atoms with E-state index >= 15 is 0 Å². The summed E-state index contributed by atoms with van der Waals surface area (Å²) < 4.78 is 5.70. The van der Waals surface area contributed by atoms with Crippen molar-refractivity contribution in [1.82, 2.24) is 5.32 Å². The number of benzene rings is 1. The van der Waals surface area contributed by atoms with Gasteiger partial charge in [0.05, 0.1) is 12.5 Å². The first-order valence-corrected chi connectivity index (χ1v) is 7.25. The Hall–Kier alpha value is -1.77. The molecule has 0 saturated heterocycles. The minimum Gasteiger partial charge on any atom is -0.490 e. The fourth-order valence-corrected chi connectivity index (χ4v) is 1.88. The van der Waals surface area contributed by atoms with Crippen molar-refractivity contribution in [2.75, 3.05) is 6.54 Å². The smallest absolute Gasteiger partial charge is 0.224 e. The van der Waals surface area contributed by atoms with E-state index in [1.165, 1.54) is 0 Å². The number of carbonyl (C=O) groups excluding carboxylic acids is 1. The van der Waals surface area contributed by atoms with Gasteiger partial charge in [-0.2, -0.15) is 0 Å². The van der Waals surface area contributed by atoms with E-state index in [2.05, 4.69) is 18.8 Å². The number of unbranched alkanes of at least 4 members (excludes halogenated alkanes) is 1. The Labute approximate surface area is 122 Å². The Morgan fingerprint density at radius 3 is 2.80 bits per heavy atom. The minimum atomic E-state index is 0.0611. The predicted octanol–water partition coefficient (Wildman–Crippen LogP) is 3.58. The van der Waals surface area contributed by atoms with E-state index in [0.29, 0.717) is 6.42 Å². The van der Waals surface area contributed by atoms with Crippen molar-refractivity contribution in [1.29, 1.82) is 0 Å². The van der Waals surface area contributed by atoms with Gasteiger partial charge in [0.2, 0.25) is 5.91 Å². The molecule has 20 heavy (non-hydrogen) atoms. The van der Waals surface area contributed by atoms with Crippen LogP contribution < -0.4 is 10.1 Å². The van der Waals surface area contributed by atoms with E-state index < -0.39 is 0 Å². The van der Waals surface area contributed by atoms with Crippen LogP contribution in [0, 0.1) is 0 Å². The summed E-state index contributed by atoms with van der Waals surface area (Å²) in [5.41, 5.74) is 1.91. The monoisotopic (exact) mass is 275 g/mol. The molecule has 3 heteroatoms. The maximum atomic E-state index is 11.8. The Morgan fingerprint density at radius 2 is 2.20 bits per heavy atom. The van der Waals surface area contributed by atoms with Crippen LogP contribution >= 0.6 is 0 Å². The molecule has 0 aliphatic carbocycles. The van der Waals surface area contributed by atoms with Crippen LogP contribution in [0.5, 0.6) is 5.75 Å². The van der Waals surface area contributed by atoms with Gasteiger partial charge in [-0.05, 0) is 38.0 Å². The molecule has 110 valence electrons. The lowest BCUT2D eigenvalue weighted by Gasteiger charge is -2.13. The highest BCUT2D eigenvalue weighted by atomic mass is 16.5. The molecule has 0 saturated carbocycles. The molecule has 0 aromatic heterocycles. The van der Waals surface area contributed by atoms with Crippen molar-refractivity contribution in [3.8, 4) is 5.75 Å². The molecule has 1 N–H and O–H groups in total. The minimum absolute atomic E-state index is 0.0611. The highest BCUT2D eigenvalue weighted by Crippen LogP contribution is 2.22. The summed E-state index contributed by atoms with van der Waals surface area (Å²) in [5, 5.41) is 2.92. The zero-order valence-electron chi connectivity index (χ0n) is 12.7. The quantitative estimate of drug-likeness (QED) is 0.736. The van der Waals surface area contributed by atoms with Crippen LogP contribution in [0.3, 0.4) is 0 Å². The third-order valence-electron chi connectivity index (χ3n) is 2.87. The molecular weight excluding hydrogens is 250 g/mol. The van der Waals surface area contributed by atoms with Gasteiger partial charge in [-0.25, -0.2) is 0 Å². The molecule has 1 amide bonds. The number of hydrogen-bond donors (Lipinski definition) is 1. The molecule has 1 aromatic carbocycles. The summed E-state index contributed by atoms with van der Waals surface area (Å²) in [6.45, 7) is 10.6. The average molecular weight is 275 g/mol. The van der Waals surface area contributed by atoms with Crippen molar-refractivity contribution in [2.45, 2.75) is 46.1 Å². The zero-order valence-corrected chi connectivity index (χ0v) is 12.7. The van der Waals surface area contributed by atoms with Gasteiger partial charge < -0.3 is 10.1 Å². The lowest BCUT2D eigenvalue weighted by Crippen LogP contribution is -2.26. The molecule has 0 aliphatic rings. The summed E-state index contributed by atoms with van der Waals surface area (Å²) in [6, 6.07) is 5.81. The molecule has 1 aromatic rings. The molecule has 1 rings (SSSR count). The summed E-state index contributed by atoms with van der Waals surface area (Å²) >= 11 is 0. The van der Waals surface area contributed by atoms with Crippen LogP contribution in [0.15, 0.2) is 24.8 Å². The lowest BCUT2D eigenvalue weighted by molar-refractivity contribution is -0.120. The van der Waals surface area contributed by atoms with Crippen LogP contribution in [0.4, 0.5) is 0 Å². The molecule has 0 fully saturated rings. The van der Waals surface area contributed by atoms with E-state index in [-0.39, 0.29) is 12.0 Å². The normalized spacial score (nSPS) is 10.4. The highest BCUT2D eigenvalue weighted by molar-refractivity contribution is 5.79. The summed E-state index contributed by atoms with van der Waals surface area (Å²) in [5.74, 6) is 0.871. The maximum absolute atomic E-state index is 11.8. The SMILES string of the molecule is C=Cc1cc(CC(=O)NCCCC)ccc1OC(C)C. The predicted molar refractivity (Wildman–Crippen MR) is 83.9 cm³/mol. The van der Waals surface area contributed by atoms with Crippen LogP contribution in [-0.2, 0) is 11.2 Å². The Bertz CT molecular complexity index is 452. The largest absolute Gasteiger partial charge is 0.490 e. The number of amides is 1. The summed E-state index contributed by atoms with van der Waals surface area (Å²) in [6.07, 6.45) is 4.38. The maximum Gasteiger partial charge on any atom is 0.224 e. The standard InChI is InChI=1S/C17H25NO2/c1-5-7-10-18-17(19)12-14-8-9-16(20-13(3)4)15(6-2)11-14/h6,8-9,11,13H,2,5,7,10,12H2,1,3-4H3,(H,18,19). The first kappa shape index (κ1) is 16.3. The molecule has 0 bridgehead atoms. The Kier molecular flexibility index (Phi) is 6.85. The van der Waals surface area contributed by atoms with Gasteiger partial charge in [0.1, 0.15) is 5.75 Å². The molecule has 0 radical (unpaired) electrons. The van der Waals surface area contributed by atoms with E-state index in [9.17, 15) is 4.79 Å². The van der Waals surface area contributed by atoms with Crippen molar-refractivity contribution in [3.05, 3.63) is 35.9 Å². The van der Waals surface area contributed by atoms with Crippen LogP contribution in [0.2, 0.25) is 0 Å². The molecule has 0 unspecified atom stereocenters. The molecule has 0 atom stereocenters. The molecular formula is C17H25NO2. The fourth-order valence-electron chi connectivity index (χ4n) is 1.88. The number of rotatable bonds is 8. The van der Waals surface area contributed by atoms with Crippen LogP contribution in [0.1, 0.15) is 44.7 Å². The topological polar surface area (TPSA) is 38.3 Å². The fraction of sp³-hybridized carbons (Fsp3) is 0.471. The van der Waals surface area contributed by atoms with E-state index in [4.69, 9.17) is 4.74 Å². The van der Waals surface area contributed by atoms with Gasteiger partial charge >= 0.3 is 0 Å². The second kappa shape index (κ2) is 8.41. The van der Waals surface area contributed by atoms with Gasteiger partial charge in [0.25, 0.3) is 0 Å². The first-order valence-electron chi connectivity index (χ1n) is 7.25. The molecule has 0 spiro atoms. The average Bonchev–Trinajstić information content (AvgIpc) is 2.40. The van der Waals surface area contributed by atoms with Gasteiger partial charge in [-0.3, -0.25) is 4.79 Å².